The lowest BCUT2D eigenvalue weighted by molar-refractivity contribution is -0.122. The normalized spacial score (nSPS) is 13.1. The number of hydrogen-bond acceptors (Lipinski definition) is 11. The van der Waals surface area contributed by atoms with E-state index in [1.165, 1.54) is 21.3 Å². The molecule has 3 heterocycles. The lowest BCUT2D eigenvalue weighted by Gasteiger charge is -2.20. The average Bonchev–Trinajstić information content (AvgIpc) is 3.44. The highest BCUT2D eigenvalue weighted by atomic mass is 16.8. The van der Waals surface area contributed by atoms with Gasteiger partial charge in [0.05, 0.1) is 32.5 Å². The summed E-state index contributed by atoms with van der Waals surface area (Å²) in [5, 5.41) is 3.12. The maximum Gasteiger partial charge on any atom is 0.519 e. The van der Waals surface area contributed by atoms with Gasteiger partial charge in [0.1, 0.15) is 11.2 Å². The molecule has 0 radical (unpaired) electrons. The number of H-pyrrole nitrogens is 1. The van der Waals surface area contributed by atoms with Gasteiger partial charge in [-0.1, -0.05) is 0 Å². The van der Waals surface area contributed by atoms with Crippen LogP contribution < -0.4 is 19.5 Å². The number of rotatable bonds is 5. The van der Waals surface area contributed by atoms with Crippen molar-refractivity contribution in [3.05, 3.63) is 47.9 Å². The molecule has 3 aromatic rings. The number of ether oxygens (including phenoxy) is 6. The van der Waals surface area contributed by atoms with E-state index < -0.39 is 35.3 Å². The molecule has 230 valence electrons. The van der Waals surface area contributed by atoms with Crippen LogP contribution in [-0.4, -0.2) is 66.6 Å². The van der Waals surface area contributed by atoms with Gasteiger partial charge >= 0.3 is 12.3 Å². The summed E-state index contributed by atoms with van der Waals surface area (Å²) < 4.78 is 29.9. The van der Waals surface area contributed by atoms with Crippen LogP contribution in [0.25, 0.3) is 22.0 Å². The molecule has 0 fully saturated rings. The van der Waals surface area contributed by atoms with Gasteiger partial charge in [-0.15, -0.1) is 0 Å². The van der Waals surface area contributed by atoms with Crippen molar-refractivity contribution in [2.75, 3.05) is 21.3 Å². The van der Waals surface area contributed by atoms with Crippen molar-refractivity contribution in [2.24, 2.45) is 0 Å². The first-order chi connectivity index (χ1) is 20.1. The number of imide groups is 1. The Balaban J connectivity index is 0.000000289. The monoisotopic (exact) mass is 597 g/mol. The zero-order chi connectivity index (χ0) is 32.1. The van der Waals surface area contributed by atoms with Crippen LogP contribution in [0.4, 0.5) is 9.59 Å². The van der Waals surface area contributed by atoms with Gasteiger partial charge in [-0.2, -0.15) is 0 Å². The van der Waals surface area contributed by atoms with Crippen molar-refractivity contribution in [2.45, 2.75) is 52.7 Å². The third-order valence-electron chi connectivity index (χ3n) is 5.58. The molecule has 0 bridgehead atoms. The van der Waals surface area contributed by atoms with Gasteiger partial charge in [0, 0.05) is 35.1 Å². The Bertz CT molecular complexity index is 1520. The fraction of sp³-hybridized carbons (Fsp3) is 0.367. The van der Waals surface area contributed by atoms with E-state index in [0.29, 0.717) is 28.4 Å². The Morgan fingerprint density at radius 2 is 1.33 bits per heavy atom. The number of hydrogen-bond donors (Lipinski definition) is 2. The van der Waals surface area contributed by atoms with Crippen molar-refractivity contribution in [1.82, 2.24) is 15.3 Å². The number of nitrogens with one attached hydrogen (secondary N) is 2. The van der Waals surface area contributed by atoms with Crippen LogP contribution in [-0.2, 0) is 23.8 Å². The minimum atomic E-state index is -1.06. The van der Waals surface area contributed by atoms with Gasteiger partial charge < -0.3 is 33.4 Å². The molecule has 2 amide bonds. The van der Waals surface area contributed by atoms with E-state index in [2.05, 4.69) is 20.0 Å². The maximum atomic E-state index is 12.7. The van der Waals surface area contributed by atoms with E-state index in [-0.39, 0.29) is 11.1 Å². The summed E-state index contributed by atoms with van der Waals surface area (Å²) in [7, 11) is 4.47. The van der Waals surface area contributed by atoms with Gasteiger partial charge in [0.2, 0.25) is 5.75 Å². The van der Waals surface area contributed by atoms with E-state index in [0.717, 1.165) is 10.9 Å². The van der Waals surface area contributed by atoms with E-state index in [1.807, 2.05) is 0 Å². The van der Waals surface area contributed by atoms with Crippen LogP contribution in [0.3, 0.4) is 0 Å². The zero-order valence-electron chi connectivity index (χ0n) is 25.5. The second-order valence-corrected chi connectivity index (χ2v) is 11.1. The molecule has 4 rings (SSSR count). The highest BCUT2D eigenvalue weighted by molar-refractivity contribution is 6.50. The Kier molecular flexibility index (Phi) is 9.69. The van der Waals surface area contributed by atoms with E-state index in [1.54, 1.807) is 78.3 Å². The van der Waals surface area contributed by atoms with E-state index >= 15 is 0 Å². The molecule has 13 nitrogen and oxygen atoms in total. The second kappa shape index (κ2) is 12.8. The Morgan fingerprint density at radius 1 is 0.791 bits per heavy atom. The molecule has 0 aliphatic carbocycles. The van der Waals surface area contributed by atoms with Crippen molar-refractivity contribution in [1.29, 1.82) is 0 Å². The predicted molar refractivity (Wildman–Crippen MR) is 156 cm³/mol. The molecule has 13 heteroatoms. The highest BCUT2D eigenvalue weighted by Crippen LogP contribution is 2.43. The van der Waals surface area contributed by atoms with E-state index in [9.17, 15) is 19.2 Å². The quantitative estimate of drug-likeness (QED) is 0.230. The number of aromatic amines is 1. The van der Waals surface area contributed by atoms with Gasteiger partial charge in [0.25, 0.3) is 11.8 Å². The maximum absolute atomic E-state index is 12.7. The minimum Gasteiger partial charge on any atom is -0.493 e. The lowest BCUT2D eigenvalue weighted by Crippen LogP contribution is -2.29. The van der Waals surface area contributed by atoms with Crippen LogP contribution in [0.5, 0.6) is 17.2 Å². The molecule has 0 atom stereocenters. The fourth-order valence-electron chi connectivity index (χ4n) is 3.99. The molecule has 0 spiro atoms. The van der Waals surface area contributed by atoms with Gasteiger partial charge in [0.15, 0.2) is 11.5 Å². The molecule has 0 saturated carbocycles. The zero-order valence-corrected chi connectivity index (χ0v) is 25.5. The molecule has 1 aliphatic heterocycles. The number of methoxy groups -OCH3 is 3. The summed E-state index contributed by atoms with van der Waals surface area (Å²) in [5.74, 6) is 0.204. The van der Waals surface area contributed by atoms with Crippen molar-refractivity contribution in [3.8, 4) is 17.2 Å². The summed E-state index contributed by atoms with van der Waals surface area (Å²) in [5.41, 5.74) is 0.987. The first-order valence-corrected chi connectivity index (χ1v) is 13.0. The number of nitrogens with zero attached hydrogens (tertiary/aromatic N) is 1. The third kappa shape index (κ3) is 8.03. The summed E-state index contributed by atoms with van der Waals surface area (Å²) in [6, 6.07) is 5.08. The third-order valence-corrected chi connectivity index (χ3v) is 5.58. The smallest absolute Gasteiger partial charge is 0.493 e. The summed E-state index contributed by atoms with van der Waals surface area (Å²) in [6.45, 7) is 10.0. The molecule has 2 aromatic heterocycles. The lowest BCUT2D eigenvalue weighted by atomic mass is 9.96. The summed E-state index contributed by atoms with van der Waals surface area (Å²) in [4.78, 5) is 54.5. The molecule has 1 aromatic carbocycles. The number of benzene rings is 1. The van der Waals surface area contributed by atoms with Crippen LogP contribution in [0, 0.1) is 0 Å². The summed E-state index contributed by atoms with van der Waals surface area (Å²) in [6.07, 6.45) is 2.87. The minimum absolute atomic E-state index is 0.231. The van der Waals surface area contributed by atoms with Crippen LogP contribution in [0.15, 0.2) is 36.8 Å². The van der Waals surface area contributed by atoms with Crippen molar-refractivity contribution < 1.29 is 47.6 Å². The molecule has 1 aliphatic rings. The summed E-state index contributed by atoms with van der Waals surface area (Å²) >= 11 is 0. The largest absolute Gasteiger partial charge is 0.519 e. The number of pyridine rings is 1. The van der Waals surface area contributed by atoms with Gasteiger partial charge in [-0.05, 0) is 65.3 Å². The topological polar surface area (TPSA) is 164 Å². The van der Waals surface area contributed by atoms with Crippen LogP contribution in [0.1, 0.15) is 52.7 Å². The first kappa shape index (κ1) is 32.4. The standard InChI is InChI=1S/C20H17N3O5.C10H18O5/c1-26-14-6-10(7-15(27-2)18(14)28-3)16-17(20(25)23-19(16)24)12-9-22-13-4-5-21-8-11(12)13;1-9(2,3)14-7(11)13-8(12)15-10(4,5)6/h4-9,22H,1-3H3,(H,23,24,25);1-6H3. The Hall–Kier alpha value is -5.07. The van der Waals surface area contributed by atoms with Crippen LogP contribution in [0.2, 0.25) is 0 Å². The molecule has 0 unspecified atom stereocenters. The number of amides is 2. The molecule has 2 N–H and O–H groups in total. The van der Waals surface area contributed by atoms with Crippen molar-refractivity contribution in [3.63, 3.8) is 0 Å². The highest BCUT2D eigenvalue weighted by Gasteiger charge is 2.34. The number of fused-ring (bicyclic) bond motifs is 1. The number of aromatic nitrogens is 2. The number of carbonyl (C=O) groups is 4. The second-order valence-electron chi connectivity index (χ2n) is 11.1. The van der Waals surface area contributed by atoms with E-state index in [4.69, 9.17) is 23.7 Å². The van der Waals surface area contributed by atoms with Crippen molar-refractivity contribution >= 4 is 46.2 Å². The Labute approximate surface area is 248 Å². The average molecular weight is 598 g/mol. The predicted octanol–water partition coefficient (Wildman–Crippen LogP) is 5.03. The SMILES string of the molecule is CC(C)(C)OC(=O)OC(=O)OC(C)(C)C.COc1cc(C2=C(c3c[nH]c4ccncc34)C(=O)NC2=O)cc(OC)c1OC. The van der Waals surface area contributed by atoms with Gasteiger partial charge in [-0.25, -0.2) is 9.59 Å². The molecule has 43 heavy (non-hydrogen) atoms. The number of carbonyl (C=O) groups excluding carboxylic acids is 4. The molecular formula is C30H35N3O10. The Morgan fingerprint density at radius 3 is 1.81 bits per heavy atom. The first-order valence-electron chi connectivity index (χ1n) is 13.0. The molecule has 0 saturated heterocycles. The van der Waals surface area contributed by atoms with Crippen LogP contribution >= 0.6 is 0 Å². The van der Waals surface area contributed by atoms with Gasteiger partial charge in [-0.3, -0.25) is 19.9 Å². The molecular weight excluding hydrogens is 562 g/mol. The fourth-order valence-corrected chi connectivity index (χ4v) is 3.99.